The second kappa shape index (κ2) is 9.82. The van der Waals surface area contributed by atoms with E-state index in [4.69, 9.17) is 13.0 Å². The van der Waals surface area contributed by atoms with E-state index >= 15 is 0 Å². The van der Waals surface area contributed by atoms with Crippen LogP contribution >= 0.6 is 0 Å². The molecule has 0 aliphatic rings. The third kappa shape index (κ3) is 13.4. The van der Waals surface area contributed by atoms with E-state index in [1.165, 1.54) is 0 Å². The number of rotatable bonds is 8. The second-order valence-electron chi connectivity index (χ2n) is 7.14. The van der Waals surface area contributed by atoms with Crippen molar-refractivity contribution in [1.82, 2.24) is 0 Å². The molecule has 0 rings (SSSR count). The second-order valence-corrected chi connectivity index (χ2v) is 19.8. The van der Waals surface area contributed by atoms with E-state index in [9.17, 15) is 4.79 Å². The van der Waals surface area contributed by atoms with Gasteiger partial charge in [-0.2, -0.15) is 0 Å². The fraction of sp³-hybridized carbons (Fsp3) is 0.800. The molecule has 4 nitrogen and oxygen atoms in total. The summed E-state index contributed by atoms with van der Waals surface area (Å²) < 4.78 is 17.7. The van der Waals surface area contributed by atoms with Crippen LogP contribution < -0.4 is 0 Å². The number of hydrogen-bond donors (Lipinski definition) is 0. The minimum absolute atomic E-state index is 0. The summed E-state index contributed by atoms with van der Waals surface area (Å²) in [6.07, 6.45) is 0. The zero-order valence-electron chi connectivity index (χ0n) is 14.3. The van der Waals surface area contributed by atoms with Crippen LogP contribution in [0.2, 0.25) is 51.9 Å². The molecule has 0 aromatic rings. The van der Waals surface area contributed by atoms with Crippen LogP contribution in [0.25, 0.3) is 0 Å². The Kier molecular flexibility index (Phi) is 11.9. The zero-order chi connectivity index (χ0) is 16.2. The molecule has 0 saturated carbocycles. The predicted octanol–water partition coefficient (Wildman–Crippen LogP) is 5.15. The average Bonchev–Trinajstić information content (AvgIpc) is 2.10. The molecule has 0 aromatic heterocycles. The molecule has 0 heterocycles. The third-order valence-electron chi connectivity index (χ3n) is 2.36. The maximum Gasteiger partial charge on any atom is 0.333 e. The summed E-state index contributed by atoms with van der Waals surface area (Å²) in [5.41, 5.74) is 0.433. The Bertz CT molecular complexity index is 360. The van der Waals surface area contributed by atoms with Crippen LogP contribution in [0.15, 0.2) is 12.2 Å². The molecule has 7 heteroatoms. The first kappa shape index (κ1) is 26.7. The minimum Gasteiger partial charge on any atom is -0.463 e. The Morgan fingerprint density at radius 1 is 0.955 bits per heavy atom. The molecule has 0 unspecified atom stereocenters. The highest BCUT2D eigenvalue weighted by atomic mass is 28.5. The Labute approximate surface area is 141 Å². The molecule has 0 aliphatic heterocycles. The molecule has 0 fully saturated rings. The van der Waals surface area contributed by atoms with Crippen LogP contribution in [0.1, 0.15) is 21.8 Å². The van der Waals surface area contributed by atoms with Crippen LogP contribution in [0, 0.1) is 0 Å². The number of carbonyl (C=O) groups excluding carboxylic acids is 1. The maximum atomic E-state index is 11.3. The molecular weight excluding hydrogens is 328 g/mol. The largest absolute Gasteiger partial charge is 0.463 e. The van der Waals surface area contributed by atoms with Crippen molar-refractivity contribution in [3.63, 3.8) is 0 Å². The monoisotopic (exact) mass is 366 g/mol. The van der Waals surface area contributed by atoms with Gasteiger partial charge >= 0.3 is 14.5 Å². The smallest absolute Gasteiger partial charge is 0.333 e. The number of esters is 1. The number of ether oxygens (including phenoxy) is 1. The summed E-state index contributed by atoms with van der Waals surface area (Å²) in [5.74, 6) is -0.329. The van der Waals surface area contributed by atoms with Crippen LogP contribution in [0.5, 0.6) is 0 Å². The van der Waals surface area contributed by atoms with Crippen LogP contribution in [-0.2, 0) is 17.8 Å². The molecule has 0 radical (unpaired) electrons. The number of hydrogen-bond acceptors (Lipinski definition) is 4. The van der Waals surface area contributed by atoms with Crippen molar-refractivity contribution in [3.8, 4) is 0 Å². The minimum atomic E-state index is -2.11. The summed E-state index contributed by atoms with van der Waals surface area (Å²) in [7, 11) is -5.59. The van der Waals surface area contributed by atoms with Gasteiger partial charge in [0.25, 0.3) is 0 Å². The van der Waals surface area contributed by atoms with Crippen molar-refractivity contribution in [1.29, 1.82) is 0 Å². The summed E-state index contributed by atoms with van der Waals surface area (Å²) in [6.45, 7) is 20.6. The van der Waals surface area contributed by atoms with Gasteiger partial charge in [-0.25, -0.2) is 4.79 Å². The number of carbonyl (C=O) groups is 1. The van der Waals surface area contributed by atoms with E-state index in [1.54, 1.807) is 6.92 Å². The summed E-state index contributed by atoms with van der Waals surface area (Å²) >= 11 is 0. The van der Waals surface area contributed by atoms with Gasteiger partial charge in [-0.3, -0.25) is 0 Å². The Balaban J connectivity index is -0.00000180. The van der Waals surface area contributed by atoms with Crippen LogP contribution in [0.3, 0.4) is 0 Å². The molecule has 0 N–H and O–H groups in total. The quantitative estimate of drug-likeness (QED) is 0.338. The molecule has 0 atom stereocenters. The predicted molar refractivity (Wildman–Crippen MR) is 105 cm³/mol. The van der Waals surface area contributed by atoms with Crippen molar-refractivity contribution in [2.75, 3.05) is 6.61 Å². The van der Waals surface area contributed by atoms with Gasteiger partial charge in [0.2, 0.25) is 0 Å². The van der Waals surface area contributed by atoms with E-state index in [0.29, 0.717) is 12.2 Å². The van der Waals surface area contributed by atoms with Gasteiger partial charge in [-0.1, -0.05) is 21.4 Å². The van der Waals surface area contributed by atoms with E-state index in [0.717, 1.165) is 6.04 Å². The topological polar surface area (TPSA) is 44.8 Å². The molecular formula is C15H38O4Si3. The molecule has 0 aliphatic carbocycles. The molecule has 134 valence electrons. The first-order valence-electron chi connectivity index (χ1n) is 6.97. The van der Waals surface area contributed by atoms with Crippen LogP contribution in [-0.4, -0.2) is 37.8 Å². The summed E-state index contributed by atoms with van der Waals surface area (Å²) in [6, 6.07) is 0.775. The molecule has 22 heavy (non-hydrogen) atoms. The van der Waals surface area contributed by atoms with Gasteiger partial charge in [0.1, 0.15) is 0 Å². The van der Waals surface area contributed by atoms with Crippen molar-refractivity contribution < 1.29 is 17.8 Å². The molecule has 0 saturated heterocycles. The maximum absolute atomic E-state index is 11.3. The molecule has 0 spiro atoms. The normalized spacial score (nSPS) is 12.0. The summed E-state index contributed by atoms with van der Waals surface area (Å²) in [4.78, 5) is 11.3. The fourth-order valence-corrected chi connectivity index (χ4v) is 14.8. The van der Waals surface area contributed by atoms with Gasteiger partial charge in [-0.05, 0) is 58.8 Å². The van der Waals surface area contributed by atoms with E-state index in [2.05, 4.69) is 52.4 Å². The van der Waals surface area contributed by atoms with E-state index in [1.807, 2.05) is 0 Å². The highest BCUT2D eigenvalue weighted by Crippen LogP contribution is 2.22. The lowest BCUT2D eigenvalue weighted by Gasteiger charge is -2.37. The van der Waals surface area contributed by atoms with E-state index < -0.39 is 25.2 Å². The van der Waals surface area contributed by atoms with Gasteiger partial charge in [0.05, 0.1) is 6.61 Å². The first-order chi connectivity index (χ1) is 8.74. The highest BCUT2D eigenvalue weighted by molar-refractivity contribution is 6.87. The van der Waals surface area contributed by atoms with Gasteiger partial charge in [-0.15, -0.1) is 0 Å². The van der Waals surface area contributed by atoms with Crippen molar-refractivity contribution >= 4 is 31.2 Å². The fourth-order valence-electron chi connectivity index (χ4n) is 1.99. The van der Waals surface area contributed by atoms with Crippen molar-refractivity contribution in [3.05, 3.63) is 12.2 Å². The SMILES string of the molecule is C.C.C=C(C)C(=O)OCC[Si](C)(C)O[Si](C)(C)O[Si](C)(C)C. The Morgan fingerprint density at radius 3 is 1.77 bits per heavy atom. The van der Waals surface area contributed by atoms with Gasteiger partial charge in [0, 0.05) is 5.57 Å². The lowest BCUT2D eigenvalue weighted by molar-refractivity contribution is -0.138. The zero-order valence-corrected chi connectivity index (χ0v) is 17.3. The standard InChI is InChI=1S/C13H30O4Si3.2CH4/c1-12(2)13(14)15-10-11-19(6,7)17-20(8,9)16-18(3,4)5;;/h1,10-11H2,2-9H3;2*1H4. The average molecular weight is 367 g/mol. The Hall–Kier alpha value is -0.219. The lowest BCUT2D eigenvalue weighted by atomic mass is 10.4. The first-order valence-corrected chi connectivity index (χ1v) is 16.3. The van der Waals surface area contributed by atoms with Gasteiger partial charge in [0.15, 0.2) is 16.6 Å². The lowest BCUT2D eigenvalue weighted by Crippen LogP contribution is -2.51. The van der Waals surface area contributed by atoms with Gasteiger partial charge < -0.3 is 13.0 Å². The highest BCUT2D eigenvalue weighted by Gasteiger charge is 2.37. The Morgan fingerprint density at radius 2 is 1.41 bits per heavy atom. The van der Waals surface area contributed by atoms with Crippen LogP contribution in [0.4, 0.5) is 0 Å². The third-order valence-corrected chi connectivity index (χ3v) is 12.4. The van der Waals surface area contributed by atoms with Crippen molar-refractivity contribution in [2.24, 2.45) is 0 Å². The summed E-state index contributed by atoms with van der Waals surface area (Å²) in [5, 5.41) is 0. The van der Waals surface area contributed by atoms with Crippen molar-refractivity contribution in [2.45, 2.75) is 73.7 Å². The molecule has 0 amide bonds. The molecule has 0 bridgehead atoms. The molecule has 0 aromatic carbocycles. The van der Waals surface area contributed by atoms with E-state index in [-0.39, 0.29) is 20.8 Å².